The lowest BCUT2D eigenvalue weighted by Crippen LogP contribution is -2.49. The van der Waals surface area contributed by atoms with E-state index in [0.29, 0.717) is 13.1 Å². The summed E-state index contributed by atoms with van der Waals surface area (Å²) in [6.45, 7) is 5.55. The second kappa shape index (κ2) is 6.29. The molecule has 6 heteroatoms. The van der Waals surface area contributed by atoms with Gasteiger partial charge in [-0.3, -0.25) is 9.78 Å². The molecule has 1 amide bonds. The fourth-order valence-electron chi connectivity index (χ4n) is 4.82. The van der Waals surface area contributed by atoms with E-state index in [1.54, 1.807) is 12.1 Å². The standard InChI is InChI=1S/C21H23F2N3O/c1-20(2)13-21(14-26(20)16-6-4-15(22)5-7-16)9-3-11-25(21)19(27)17-8-10-24-12-18(17)23/h4-8,10,12H,3,9,11,13-14H2,1-2H3. The molecular weight excluding hydrogens is 348 g/mol. The molecule has 4 nitrogen and oxygen atoms in total. The number of carbonyl (C=O) groups is 1. The molecule has 0 bridgehead atoms. The molecule has 0 saturated carbocycles. The lowest BCUT2D eigenvalue weighted by molar-refractivity contribution is 0.0612. The molecule has 2 aromatic rings. The zero-order valence-electron chi connectivity index (χ0n) is 15.6. The Kier molecular flexibility index (Phi) is 4.17. The van der Waals surface area contributed by atoms with Crippen molar-refractivity contribution in [3.63, 3.8) is 0 Å². The van der Waals surface area contributed by atoms with Crippen molar-refractivity contribution in [3.8, 4) is 0 Å². The SMILES string of the molecule is CC1(C)CC2(CCCN2C(=O)c2ccncc2F)CN1c1ccc(F)cc1. The number of anilines is 1. The van der Waals surface area contributed by atoms with Crippen LogP contribution in [0, 0.1) is 11.6 Å². The first kappa shape index (κ1) is 17.9. The van der Waals surface area contributed by atoms with Crippen LogP contribution in [0.4, 0.5) is 14.5 Å². The van der Waals surface area contributed by atoms with Crippen LogP contribution in [0.3, 0.4) is 0 Å². The fourth-order valence-corrected chi connectivity index (χ4v) is 4.82. The zero-order chi connectivity index (χ0) is 19.2. The van der Waals surface area contributed by atoms with E-state index in [0.717, 1.165) is 31.1 Å². The Balaban J connectivity index is 1.67. The van der Waals surface area contributed by atoms with Gasteiger partial charge < -0.3 is 9.80 Å². The molecule has 1 spiro atoms. The maximum atomic E-state index is 14.1. The van der Waals surface area contributed by atoms with Gasteiger partial charge in [-0.2, -0.15) is 0 Å². The number of benzene rings is 1. The predicted molar refractivity (Wildman–Crippen MR) is 99.6 cm³/mol. The maximum absolute atomic E-state index is 14.1. The van der Waals surface area contributed by atoms with E-state index < -0.39 is 5.82 Å². The summed E-state index contributed by atoms with van der Waals surface area (Å²) >= 11 is 0. The van der Waals surface area contributed by atoms with Crippen LogP contribution >= 0.6 is 0 Å². The molecule has 1 aromatic carbocycles. The second-order valence-electron chi connectivity index (χ2n) is 8.19. The summed E-state index contributed by atoms with van der Waals surface area (Å²) in [7, 11) is 0. The number of likely N-dealkylation sites (tertiary alicyclic amines) is 1. The third kappa shape index (κ3) is 2.97. The Bertz CT molecular complexity index is 868. The Labute approximate surface area is 157 Å². The van der Waals surface area contributed by atoms with Crippen LogP contribution in [0.1, 0.15) is 43.5 Å². The van der Waals surface area contributed by atoms with Crippen LogP contribution in [-0.2, 0) is 0 Å². The molecule has 4 rings (SSSR count). The van der Waals surface area contributed by atoms with Crippen LogP contribution in [0.2, 0.25) is 0 Å². The van der Waals surface area contributed by atoms with Gasteiger partial charge in [-0.1, -0.05) is 0 Å². The highest BCUT2D eigenvalue weighted by molar-refractivity contribution is 5.95. The highest BCUT2D eigenvalue weighted by atomic mass is 19.1. The first-order valence-electron chi connectivity index (χ1n) is 9.27. The topological polar surface area (TPSA) is 36.4 Å². The van der Waals surface area contributed by atoms with E-state index in [-0.39, 0.29) is 28.4 Å². The van der Waals surface area contributed by atoms with Gasteiger partial charge in [-0.15, -0.1) is 0 Å². The molecule has 0 N–H and O–H groups in total. The van der Waals surface area contributed by atoms with Crippen LogP contribution in [0.25, 0.3) is 0 Å². The number of hydrogen-bond donors (Lipinski definition) is 0. The first-order chi connectivity index (χ1) is 12.8. The Morgan fingerprint density at radius 3 is 2.59 bits per heavy atom. The van der Waals surface area contributed by atoms with Crippen molar-refractivity contribution in [1.29, 1.82) is 0 Å². The lowest BCUT2D eigenvalue weighted by atomic mass is 9.87. The van der Waals surface area contributed by atoms with E-state index in [4.69, 9.17) is 0 Å². The Hall–Kier alpha value is -2.50. The lowest BCUT2D eigenvalue weighted by Gasteiger charge is -2.35. The molecular formula is C21H23F2N3O. The number of rotatable bonds is 2. The van der Waals surface area contributed by atoms with Gasteiger partial charge in [0.25, 0.3) is 5.91 Å². The summed E-state index contributed by atoms with van der Waals surface area (Å²) in [4.78, 5) is 20.9. The predicted octanol–water partition coefficient (Wildman–Crippen LogP) is 4.02. The average Bonchev–Trinajstić information content (AvgIpc) is 3.15. The Morgan fingerprint density at radius 2 is 1.89 bits per heavy atom. The number of carbonyl (C=O) groups excluding carboxylic acids is 1. The van der Waals surface area contributed by atoms with E-state index in [1.807, 2.05) is 4.90 Å². The highest BCUT2D eigenvalue weighted by Gasteiger charge is 2.55. The number of nitrogens with zero attached hydrogens (tertiary/aromatic N) is 3. The van der Waals surface area contributed by atoms with Crippen molar-refractivity contribution in [2.24, 2.45) is 0 Å². The van der Waals surface area contributed by atoms with Crippen molar-refractivity contribution in [2.45, 2.75) is 44.2 Å². The molecule has 2 fully saturated rings. The smallest absolute Gasteiger partial charge is 0.257 e. The molecule has 2 aliphatic rings. The molecule has 27 heavy (non-hydrogen) atoms. The van der Waals surface area contributed by atoms with Crippen molar-refractivity contribution in [1.82, 2.24) is 9.88 Å². The van der Waals surface area contributed by atoms with Gasteiger partial charge in [0.05, 0.1) is 17.3 Å². The van der Waals surface area contributed by atoms with E-state index in [1.165, 1.54) is 24.4 Å². The van der Waals surface area contributed by atoms with E-state index in [2.05, 4.69) is 23.7 Å². The second-order valence-corrected chi connectivity index (χ2v) is 8.19. The van der Waals surface area contributed by atoms with Crippen molar-refractivity contribution >= 4 is 11.6 Å². The van der Waals surface area contributed by atoms with E-state index >= 15 is 0 Å². The van der Waals surface area contributed by atoms with Gasteiger partial charge in [0.2, 0.25) is 0 Å². The third-order valence-corrected chi connectivity index (χ3v) is 5.93. The fraction of sp³-hybridized carbons (Fsp3) is 0.429. The van der Waals surface area contributed by atoms with Gasteiger partial charge in [0.15, 0.2) is 5.82 Å². The first-order valence-corrected chi connectivity index (χ1v) is 9.27. The average molecular weight is 371 g/mol. The molecule has 2 saturated heterocycles. The van der Waals surface area contributed by atoms with Gasteiger partial charge in [-0.25, -0.2) is 8.78 Å². The van der Waals surface area contributed by atoms with Crippen molar-refractivity contribution in [2.75, 3.05) is 18.0 Å². The van der Waals surface area contributed by atoms with Crippen LogP contribution in [-0.4, -0.2) is 40.0 Å². The van der Waals surface area contributed by atoms with Gasteiger partial charge in [0, 0.05) is 30.5 Å². The summed E-state index contributed by atoms with van der Waals surface area (Å²) in [5.74, 6) is -1.13. The molecule has 0 radical (unpaired) electrons. The van der Waals surface area contributed by atoms with Crippen molar-refractivity contribution in [3.05, 3.63) is 59.9 Å². The number of hydrogen-bond acceptors (Lipinski definition) is 3. The Morgan fingerprint density at radius 1 is 1.15 bits per heavy atom. The van der Waals surface area contributed by atoms with E-state index in [9.17, 15) is 13.6 Å². The van der Waals surface area contributed by atoms with Gasteiger partial charge in [-0.05, 0) is 63.4 Å². The third-order valence-electron chi connectivity index (χ3n) is 5.93. The zero-order valence-corrected chi connectivity index (χ0v) is 15.6. The van der Waals surface area contributed by atoms with Crippen LogP contribution < -0.4 is 4.90 Å². The summed E-state index contributed by atoms with van der Waals surface area (Å²) in [5, 5.41) is 0. The molecule has 0 aliphatic carbocycles. The monoisotopic (exact) mass is 371 g/mol. The summed E-state index contributed by atoms with van der Waals surface area (Å²) in [6, 6.07) is 7.92. The summed E-state index contributed by atoms with van der Waals surface area (Å²) in [6.07, 6.45) is 5.09. The molecule has 3 heterocycles. The van der Waals surface area contributed by atoms with Crippen LogP contribution in [0.15, 0.2) is 42.7 Å². The minimum Gasteiger partial charge on any atom is -0.364 e. The summed E-state index contributed by atoms with van der Waals surface area (Å²) in [5.41, 5.74) is 0.472. The van der Waals surface area contributed by atoms with Gasteiger partial charge in [0.1, 0.15) is 5.82 Å². The number of aromatic nitrogens is 1. The van der Waals surface area contributed by atoms with Crippen LogP contribution in [0.5, 0.6) is 0 Å². The molecule has 1 unspecified atom stereocenters. The quantitative estimate of drug-likeness (QED) is 0.800. The molecule has 142 valence electrons. The molecule has 1 atom stereocenters. The maximum Gasteiger partial charge on any atom is 0.257 e. The largest absolute Gasteiger partial charge is 0.364 e. The van der Waals surface area contributed by atoms with Gasteiger partial charge >= 0.3 is 0 Å². The molecule has 1 aromatic heterocycles. The highest BCUT2D eigenvalue weighted by Crippen LogP contribution is 2.47. The number of halogens is 2. The number of amides is 1. The normalized spacial score (nSPS) is 24.0. The number of pyridine rings is 1. The summed E-state index contributed by atoms with van der Waals surface area (Å²) < 4.78 is 27.5. The minimum atomic E-state index is -0.586. The minimum absolute atomic E-state index is 0.0734. The molecule has 2 aliphatic heterocycles. The van der Waals surface area contributed by atoms with Crippen molar-refractivity contribution < 1.29 is 13.6 Å².